The predicted molar refractivity (Wildman–Crippen MR) is 97.3 cm³/mol. The summed E-state index contributed by atoms with van der Waals surface area (Å²) >= 11 is 0. The first-order chi connectivity index (χ1) is 12.5. The third-order valence-electron chi connectivity index (χ3n) is 4.08. The fourth-order valence-electron chi connectivity index (χ4n) is 2.58. The summed E-state index contributed by atoms with van der Waals surface area (Å²) in [4.78, 5) is 12.5. The van der Waals surface area contributed by atoms with Crippen LogP contribution in [0.3, 0.4) is 0 Å². The van der Waals surface area contributed by atoms with Crippen molar-refractivity contribution in [3.63, 3.8) is 0 Å². The van der Waals surface area contributed by atoms with Crippen LogP contribution in [0, 0.1) is 12.7 Å². The van der Waals surface area contributed by atoms with Crippen LogP contribution in [0.25, 0.3) is 11.1 Å². The van der Waals surface area contributed by atoms with Gasteiger partial charge in [0.1, 0.15) is 17.6 Å². The summed E-state index contributed by atoms with van der Waals surface area (Å²) in [5, 5.41) is 9.08. The molecule has 0 saturated heterocycles. The highest BCUT2D eigenvalue weighted by molar-refractivity contribution is 5.97. The Morgan fingerprint density at radius 3 is 2.65 bits per heavy atom. The van der Waals surface area contributed by atoms with Gasteiger partial charge in [0.15, 0.2) is 0 Å². The van der Waals surface area contributed by atoms with Crippen LogP contribution in [0.4, 0.5) is 10.1 Å². The number of amides is 1. The second kappa shape index (κ2) is 7.37. The number of nitrogens with zero attached hydrogens (tertiary/aromatic N) is 1. The third-order valence-corrected chi connectivity index (χ3v) is 4.08. The van der Waals surface area contributed by atoms with Gasteiger partial charge >= 0.3 is 0 Å². The lowest BCUT2D eigenvalue weighted by atomic mass is 10.0. The van der Waals surface area contributed by atoms with Crippen molar-refractivity contribution in [2.75, 3.05) is 12.4 Å². The molecule has 0 spiro atoms. The minimum absolute atomic E-state index is 0.213. The highest BCUT2D eigenvalue weighted by Gasteiger charge is 2.19. The number of aromatic amines is 1. The number of hydrogen-bond donors (Lipinski definition) is 3. The topological polar surface area (TPSA) is 93.0 Å². The summed E-state index contributed by atoms with van der Waals surface area (Å²) in [7, 11) is 1.45. The van der Waals surface area contributed by atoms with Gasteiger partial charge in [-0.1, -0.05) is 29.8 Å². The van der Waals surface area contributed by atoms with Crippen molar-refractivity contribution in [2.24, 2.45) is 5.73 Å². The zero-order valence-corrected chi connectivity index (χ0v) is 14.4. The first-order valence-electron chi connectivity index (χ1n) is 7.99. The zero-order chi connectivity index (χ0) is 18.7. The molecule has 2 aromatic carbocycles. The van der Waals surface area contributed by atoms with E-state index in [2.05, 4.69) is 15.5 Å². The molecule has 134 valence electrons. The first-order valence-corrected chi connectivity index (χ1v) is 7.99. The van der Waals surface area contributed by atoms with Crippen LogP contribution in [-0.2, 0) is 4.79 Å². The summed E-state index contributed by atoms with van der Waals surface area (Å²) in [6.45, 7) is 1.95. The molecular formula is C19H19FN4O2. The van der Waals surface area contributed by atoms with Crippen LogP contribution < -0.4 is 15.8 Å². The molecule has 0 bridgehead atoms. The molecule has 1 heterocycles. The maximum atomic E-state index is 14.5. The van der Waals surface area contributed by atoms with Crippen molar-refractivity contribution in [1.29, 1.82) is 0 Å². The molecule has 1 unspecified atom stereocenters. The molecule has 1 aromatic heterocycles. The zero-order valence-electron chi connectivity index (χ0n) is 14.4. The van der Waals surface area contributed by atoms with Gasteiger partial charge in [-0.3, -0.25) is 9.89 Å². The van der Waals surface area contributed by atoms with Crippen LogP contribution in [0.1, 0.15) is 17.2 Å². The van der Waals surface area contributed by atoms with E-state index in [1.54, 1.807) is 18.3 Å². The highest BCUT2D eigenvalue weighted by Crippen LogP contribution is 2.33. The molecule has 0 radical (unpaired) electrons. The maximum Gasteiger partial charge on any atom is 0.245 e. The molecular weight excluding hydrogens is 335 g/mol. The SMILES string of the molecule is COc1cc(-c2cn[nH]c2)c(F)cc1NC(=O)C(N)c1ccc(C)cc1. The van der Waals surface area contributed by atoms with E-state index in [-0.39, 0.29) is 5.69 Å². The number of rotatable bonds is 5. The number of anilines is 1. The van der Waals surface area contributed by atoms with E-state index in [9.17, 15) is 9.18 Å². The number of benzene rings is 2. The van der Waals surface area contributed by atoms with Crippen molar-refractivity contribution < 1.29 is 13.9 Å². The van der Waals surface area contributed by atoms with Gasteiger partial charge in [-0.15, -0.1) is 0 Å². The molecule has 0 aliphatic carbocycles. The van der Waals surface area contributed by atoms with E-state index < -0.39 is 17.8 Å². The molecule has 1 amide bonds. The largest absolute Gasteiger partial charge is 0.495 e. The standard InChI is InChI=1S/C19H19FN4O2/c1-11-3-5-12(6-4-11)18(21)19(25)24-16-8-15(20)14(7-17(16)26-2)13-9-22-23-10-13/h3-10,18H,21H2,1-2H3,(H,22,23)(H,24,25). The molecule has 4 N–H and O–H groups in total. The Kier molecular flexibility index (Phi) is 4.99. The van der Waals surface area contributed by atoms with Crippen LogP contribution in [0.2, 0.25) is 0 Å². The number of nitrogens with two attached hydrogens (primary N) is 1. The van der Waals surface area contributed by atoms with Crippen LogP contribution in [0.15, 0.2) is 48.8 Å². The normalized spacial score (nSPS) is 11.8. The average Bonchev–Trinajstić information content (AvgIpc) is 3.16. The Morgan fingerprint density at radius 2 is 2.04 bits per heavy atom. The number of ether oxygens (including phenoxy) is 1. The number of halogens is 1. The van der Waals surface area contributed by atoms with E-state index in [0.717, 1.165) is 5.56 Å². The van der Waals surface area contributed by atoms with Gasteiger partial charge in [0.05, 0.1) is 19.0 Å². The monoisotopic (exact) mass is 354 g/mol. The number of methoxy groups -OCH3 is 1. The molecule has 6 nitrogen and oxygen atoms in total. The molecule has 7 heteroatoms. The summed E-state index contributed by atoms with van der Waals surface area (Å²) in [5.74, 6) is -0.638. The second-order valence-corrected chi connectivity index (χ2v) is 5.90. The summed E-state index contributed by atoms with van der Waals surface area (Å²) in [5.41, 5.74) is 8.86. The molecule has 3 aromatic rings. The number of aryl methyl sites for hydroxylation is 1. The fourth-order valence-corrected chi connectivity index (χ4v) is 2.58. The van der Waals surface area contributed by atoms with Gasteiger partial charge in [0, 0.05) is 23.4 Å². The average molecular weight is 354 g/mol. The molecule has 0 aliphatic rings. The number of carbonyl (C=O) groups excluding carboxylic acids is 1. The minimum Gasteiger partial charge on any atom is -0.495 e. The van der Waals surface area contributed by atoms with E-state index in [4.69, 9.17) is 10.5 Å². The van der Waals surface area contributed by atoms with Crippen molar-refractivity contribution in [1.82, 2.24) is 10.2 Å². The molecule has 0 fully saturated rings. The number of carbonyl (C=O) groups is 1. The van der Waals surface area contributed by atoms with Crippen molar-refractivity contribution >= 4 is 11.6 Å². The van der Waals surface area contributed by atoms with Gasteiger partial charge in [-0.25, -0.2) is 4.39 Å². The van der Waals surface area contributed by atoms with Gasteiger partial charge in [0.2, 0.25) is 5.91 Å². The van der Waals surface area contributed by atoms with Crippen LogP contribution in [-0.4, -0.2) is 23.2 Å². The Labute approximate surface area is 150 Å². The smallest absolute Gasteiger partial charge is 0.245 e. The van der Waals surface area contributed by atoms with Crippen molar-refractivity contribution in [3.05, 3.63) is 65.7 Å². The van der Waals surface area contributed by atoms with Gasteiger partial charge in [0.25, 0.3) is 0 Å². The number of aromatic nitrogens is 2. The second-order valence-electron chi connectivity index (χ2n) is 5.90. The Bertz CT molecular complexity index is 908. The lowest BCUT2D eigenvalue weighted by Gasteiger charge is -2.16. The lowest BCUT2D eigenvalue weighted by molar-refractivity contribution is -0.117. The number of H-pyrrole nitrogens is 1. The molecule has 26 heavy (non-hydrogen) atoms. The van der Waals surface area contributed by atoms with E-state index in [1.165, 1.54) is 25.4 Å². The molecule has 0 saturated carbocycles. The van der Waals surface area contributed by atoms with E-state index in [1.807, 2.05) is 19.1 Å². The summed E-state index contributed by atoms with van der Waals surface area (Å²) in [6.07, 6.45) is 3.08. The fraction of sp³-hybridized carbons (Fsp3) is 0.158. The molecule has 0 aliphatic heterocycles. The minimum atomic E-state index is -0.878. The quantitative estimate of drug-likeness (QED) is 0.656. The van der Waals surface area contributed by atoms with Gasteiger partial charge in [-0.2, -0.15) is 5.10 Å². The molecule has 1 atom stereocenters. The Hall–Kier alpha value is -3.19. The van der Waals surface area contributed by atoms with Crippen molar-refractivity contribution in [3.8, 4) is 16.9 Å². The predicted octanol–water partition coefficient (Wildman–Crippen LogP) is 3.17. The third kappa shape index (κ3) is 3.57. The highest BCUT2D eigenvalue weighted by atomic mass is 19.1. The lowest BCUT2D eigenvalue weighted by Crippen LogP contribution is -2.28. The van der Waals surface area contributed by atoms with E-state index in [0.29, 0.717) is 22.4 Å². The molecule has 3 rings (SSSR count). The van der Waals surface area contributed by atoms with Gasteiger partial charge in [-0.05, 0) is 18.6 Å². The summed E-state index contributed by atoms with van der Waals surface area (Å²) in [6, 6.07) is 9.18. The first kappa shape index (κ1) is 17.6. The van der Waals surface area contributed by atoms with Crippen LogP contribution >= 0.6 is 0 Å². The summed E-state index contributed by atoms with van der Waals surface area (Å²) < 4.78 is 19.8. The van der Waals surface area contributed by atoms with Crippen LogP contribution in [0.5, 0.6) is 5.75 Å². The van der Waals surface area contributed by atoms with Crippen molar-refractivity contribution in [2.45, 2.75) is 13.0 Å². The number of nitrogens with one attached hydrogen (secondary N) is 2. The van der Waals surface area contributed by atoms with Gasteiger partial charge < -0.3 is 15.8 Å². The Morgan fingerprint density at radius 1 is 1.31 bits per heavy atom. The van der Waals surface area contributed by atoms with E-state index >= 15 is 0 Å². The number of hydrogen-bond acceptors (Lipinski definition) is 4. The maximum absolute atomic E-state index is 14.5. The Balaban J connectivity index is 1.86.